The highest BCUT2D eigenvalue weighted by atomic mass is 15.3. The van der Waals surface area contributed by atoms with E-state index in [0.717, 1.165) is 5.56 Å². The molecule has 4 aromatic heterocycles. The Kier molecular flexibility index (Phi) is 5.09. The smallest absolute Gasteiger partial charge is 0.164 e. The Morgan fingerprint density at radius 1 is 0.971 bits per heavy atom. The number of nitrogen functional groups attached to an aromatic ring is 1. The van der Waals surface area contributed by atoms with Crippen LogP contribution in [-0.4, -0.2) is 34.7 Å². The van der Waals surface area contributed by atoms with Crippen LogP contribution in [0.1, 0.15) is 29.8 Å². The molecule has 1 unspecified atom stereocenters. The molecule has 1 atom stereocenters. The van der Waals surface area contributed by atoms with Crippen LogP contribution in [0.5, 0.6) is 0 Å². The number of aromatic nitrogens is 7. The molecule has 0 bridgehead atoms. The van der Waals surface area contributed by atoms with Gasteiger partial charge in [0.25, 0.3) is 0 Å². The van der Waals surface area contributed by atoms with Gasteiger partial charge in [0, 0.05) is 29.7 Å². The molecule has 0 amide bonds. The van der Waals surface area contributed by atoms with Crippen molar-refractivity contribution in [3.63, 3.8) is 0 Å². The fraction of sp³-hybridized carbons (Fsp3) is 0.0833. The van der Waals surface area contributed by atoms with E-state index in [1.54, 1.807) is 35.4 Å². The summed E-state index contributed by atoms with van der Waals surface area (Å²) in [6.45, 7) is 1.94. The zero-order chi connectivity index (χ0) is 23.7. The minimum absolute atomic E-state index is 0.248. The normalized spacial score (nSPS) is 11.6. The Labute approximate surface area is 194 Å². The van der Waals surface area contributed by atoms with Crippen LogP contribution >= 0.6 is 0 Å². The number of nitrogens with zero attached hydrogens (tertiary/aromatic N) is 9. The number of nitriles is 2. The number of nitrogens with two attached hydrogens (primary N) is 1. The van der Waals surface area contributed by atoms with Gasteiger partial charge < -0.3 is 5.73 Å². The summed E-state index contributed by atoms with van der Waals surface area (Å²) in [4.78, 5) is 21.8. The number of rotatable bonds is 4. The van der Waals surface area contributed by atoms with Crippen LogP contribution in [0.2, 0.25) is 0 Å². The minimum Gasteiger partial charge on any atom is -0.383 e. The number of fused-ring (bicyclic) bond motifs is 1. The summed E-state index contributed by atoms with van der Waals surface area (Å²) >= 11 is 0. The maximum atomic E-state index is 9.41. The van der Waals surface area contributed by atoms with E-state index in [-0.39, 0.29) is 11.9 Å². The third kappa shape index (κ3) is 3.55. The highest BCUT2D eigenvalue weighted by molar-refractivity contribution is 5.98. The SMILES string of the molecule is CC(c1ccnc(-c2cccnc2)n1)n1nc(-c2cc(C#N)cc(C#N)c2)c2c(N)ncnc21. The molecule has 4 heterocycles. The van der Waals surface area contributed by atoms with E-state index in [4.69, 9.17) is 15.8 Å². The first-order chi connectivity index (χ1) is 16.6. The summed E-state index contributed by atoms with van der Waals surface area (Å²) in [6.07, 6.45) is 6.46. The van der Waals surface area contributed by atoms with Crippen molar-refractivity contribution in [3.8, 4) is 34.8 Å². The number of hydrogen-bond acceptors (Lipinski definition) is 9. The summed E-state index contributed by atoms with van der Waals surface area (Å²) in [5.41, 5.74) is 9.99. The molecule has 0 aliphatic heterocycles. The van der Waals surface area contributed by atoms with Gasteiger partial charge in [0.2, 0.25) is 0 Å². The molecular weight excluding hydrogens is 428 g/mol. The lowest BCUT2D eigenvalue weighted by Crippen LogP contribution is -2.12. The van der Waals surface area contributed by atoms with Gasteiger partial charge >= 0.3 is 0 Å². The van der Waals surface area contributed by atoms with Gasteiger partial charge in [-0.25, -0.2) is 24.6 Å². The summed E-state index contributed by atoms with van der Waals surface area (Å²) in [6, 6.07) is 14.2. The van der Waals surface area contributed by atoms with Gasteiger partial charge in [-0.05, 0) is 43.3 Å². The average molecular weight is 444 g/mol. The molecule has 0 radical (unpaired) electrons. The molecular formula is C24H16N10. The number of hydrogen-bond donors (Lipinski definition) is 1. The molecule has 34 heavy (non-hydrogen) atoms. The van der Waals surface area contributed by atoms with E-state index in [9.17, 15) is 10.5 Å². The van der Waals surface area contributed by atoms with Crippen LogP contribution in [0.25, 0.3) is 33.7 Å². The van der Waals surface area contributed by atoms with E-state index in [0.29, 0.717) is 44.9 Å². The number of anilines is 1. The molecule has 0 spiro atoms. The second kappa shape index (κ2) is 8.37. The van der Waals surface area contributed by atoms with Crippen molar-refractivity contribution in [2.45, 2.75) is 13.0 Å². The van der Waals surface area contributed by atoms with Gasteiger partial charge in [0.05, 0.1) is 40.4 Å². The van der Waals surface area contributed by atoms with Crippen molar-refractivity contribution in [1.29, 1.82) is 10.5 Å². The maximum Gasteiger partial charge on any atom is 0.164 e. The van der Waals surface area contributed by atoms with Crippen molar-refractivity contribution in [2.75, 3.05) is 5.73 Å². The largest absolute Gasteiger partial charge is 0.383 e. The van der Waals surface area contributed by atoms with Gasteiger partial charge in [0.15, 0.2) is 11.5 Å². The van der Waals surface area contributed by atoms with Crippen LogP contribution in [0.15, 0.2) is 61.3 Å². The third-order valence-electron chi connectivity index (χ3n) is 5.37. The second-order valence-corrected chi connectivity index (χ2v) is 7.50. The van der Waals surface area contributed by atoms with E-state index >= 15 is 0 Å². The Bertz CT molecular complexity index is 1580. The summed E-state index contributed by atoms with van der Waals surface area (Å²) < 4.78 is 1.71. The van der Waals surface area contributed by atoms with Gasteiger partial charge in [-0.3, -0.25) is 4.98 Å². The first-order valence-corrected chi connectivity index (χ1v) is 10.3. The molecule has 0 saturated carbocycles. The number of benzene rings is 1. The van der Waals surface area contributed by atoms with Crippen LogP contribution in [0.3, 0.4) is 0 Å². The average Bonchev–Trinajstić information content (AvgIpc) is 3.29. The Morgan fingerprint density at radius 3 is 2.47 bits per heavy atom. The third-order valence-corrected chi connectivity index (χ3v) is 5.37. The monoisotopic (exact) mass is 444 g/mol. The van der Waals surface area contributed by atoms with E-state index in [1.165, 1.54) is 12.4 Å². The van der Waals surface area contributed by atoms with Gasteiger partial charge in [0.1, 0.15) is 17.8 Å². The van der Waals surface area contributed by atoms with Crippen molar-refractivity contribution in [3.05, 3.63) is 78.1 Å². The highest BCUT2D eigenvalue weighted by Gasteiger charge is 2.22. The van der Waals surface area contributed by atoms with Crippen molar-refractivity contribution < 1.29 is 0 Å². The highest BCUT2D eigenvalue weighted by Crippen LogP contribution is 2.33. The van der Waals surface area contributed by atoms with E-state index in [2.05, 4.69) is 32.1 Å². The summed E-state index contributed by atoms with van der Waals surface area (Å²) in [5.74, 6) is 0.793. The lowest BCUT2D eigenvalue weighted by atomic mass is 10.0. The molecule has 0 fully saturated rings. The Balaban J connectivity index is 1.68. The van der Waals surface area contributed by atoms with Crippen LogP contribution in [-0.2, 0) is 0 Å². The lowest BCUT2D eigenvalue weighted by Gasteiger charge is -2.13. The van der Waals surface area contributed by atoms with Crippen molar-refractivity contribution in [2.24, 2.45) is 0 Å². The van der Waals surface area contributed by atoms with Crippen molar-refractivity contribution >= 4 is 16.9 Å². The second-order valence-electron chi connectivity index (χ2n) is 7.50. The quantitative estimate of drug-likeness (QED) is 0.439. The molecule has 10 heteroatoms. The lowest BCUT2D eigenvalue weighted by molar-refractivity contribution is 0.566. The molecule has 5 rings (SSSR count). The molecule has 1 aromatic carbocycles. The van der Waals surface area contributed by atoms with E-state index < -0.39 is 0 Å². The fourth-order valence-corrected chi connectivity index (χ4v) is 3.73. The van der Waals surface area contributed by atoms with E-state index in [1.807, 2.05) is 25.1 Å². The minimum atomic E-state index is -0.335. The predicted octanol–water partition coefficient (Wildman–Crippen LogP) is 3.28. The zero-order valence-corrected chi connectivity index (χ0v) is 18.0. The molecule has 5 aromatic rings. The summed E-state index contributed by atoms with van der Waals surface area (Å²) in [5, 5.41) is 24.1. The van der Waals surface area contributed by atoms with Gasteiger partial charge in [-0.2, -0.15) is 15.6 Å². The first-order valence-electron chi connectivity index (χ1n) is 10.3. The topological polar surface area (TPSA) is 156 Å². The first kappa shape index (κ1) is 20.7. The van der Waals surface area contributed by atoms with Crippen LogP contribution in [0.4, 0.5) is 5.82 Å². The molecule has 162 valence electrons. The molecule has 10 nitrogen and oxygen atoms in total. The molecule has 2 N–H and O–H groups in total. The maximum absolute atomic E-state index is 9.41. The van der Waals surface area contributed by atoms with Gasteiger partial charge in [-0.1, -0.05) is 0 Å². The number of pyridine rings is 1. The predicted molar refractivity (Wildman–Crippen MR) is 124 cm³/mol. The molecule has 0 aliphatic carbocycles. The fourth-order valence-electron chi connectivity index (χ4n) is 3.73. The zero-order valence-electron chi connectivity index (χ0n) is 18.0. The Morgan fingerprint density at radius 2 is 1.76 bits per heavy atom. The van der Waals surface area contributed by atoms with Crippen LogP contribution in [0, 0.1) is 22.7 Å². The summed E-state index contributed by atoms with van der Waals surface area (Å²) in [7, 11) is 0. The Hall–Kier alpha value is -5.22. The molecule has 0 aliphatic rings. The standard InChI is InChI=1S/C24H16N10/c1-14(19-4-6-29-23(32-19)17-3-2-5-28-12-17)34-24-20(22(27)30-13-31-24)21(33-34)18-8-15(10-25)7-16(9-18)11-26/h2-9,12-14H,1H3,(H2,27,30,31). The van der Waals surface area contributed by atoms with Crippen molar-refractivity contribution in [1.82, 2.24) is 34.7 Å². The molecule has 0 saturated heterocycles. The van der Waals surface area contributed by atoms with Crippen LogP contribution < -0.4 is 5.73 Å². The van der Waals surface area contributed by atoms with Gasteiger partial charge in [-0.15, -0.1) is 0 Å².